The molecular formula is C23H19Cl3F6N2O2. The lowest BCUT2D eigenvalue weighted by Crippen LogP contribution is -2.55. The highest BCUT2D eigenvalue weighted by Crippen LogP contribution is 2.41. The zero-order chi connectivity index (χ0) is 27.5. The van der Waals surface area contributed by atoms with E-state index in [0.717, 1.165) is 18.2 Å². The van der Waals surface area contributed by atoms with Gasteiger partial charge in [-0.3, -0.25) is 9.59 Å². The SMILES string of the molecule is CC(C)(NC(=O)c1ccc(/C=C/C(c2cc(Cl)c(Cl)c(Cl)c2)C(F)(F)F)cc1)C(=O)NCC(F)(F)F. The van der Waals surface area contributed by atoms with Gasteiger partial charge in [0, 0.05) is 5.56 Å². The van der Waals surface area contributed by atoms with Gasteiger partial charge in [0.15, 0.2) is 0 Å². The molecule has 0 aliphatic carbocycles. The second-order valence-corrected chi connectivity index (χ2v) is 9.37. The van der Waals surface area contributed by atoms with Crippen LogP contribution in [0.5, 0.6) is 0 Å². The van der Waals surface area contributed by atoms with Crippen LogP contribution in [0.4, 0.5) is 26.3 Å². The van der Waals surface area contributed by atoms with E-state index in [1.54, 1.807) is 5.32 Å². The van der Waals surface area contributed by atoms with Crippen molar-refractivity contribution in [2.75, 3.05) is 6.54 Å². The summed E-state index contributed by atoms with van der Waals surface area (Å²) in [4.78, 5) is 24.4. The maximum atomic E-state index is 13.7. The molecule has 0 aromatic heterocycles. The van der Waals surface area contributed by atoms with Gasteiger partial charge in [0.1, 0.15) is 12.1 Å². The van der Waals surface area contributed by atoms with E-state index in [4.69, 9.17) is 34.8 Å². The minimum absolute atomic E-state index is 0.0347. The number of nitrogens with one attached hydrogen (secondary N) is 2. The summed E-state index contributed by atoms with van der Waals surface area (Å²) in [6.07, 6.45) is -7.21. The van der Waals surface area contributed by atoms with E-state index >= 15 is 0 Å². The number of rotatable bonds is 7. The second kappa shape index (κ2) is 11.3. The van der Waals surface area contributed by atoms with Crippen molar-refractivity contribution >= 4 is 52.7 Å². The van der Waals surface area contributed by atoms with Gasteiger partial charge in [0.2, 0.25) is 5.91 Å². The lowest BCUT2D eigenvalue weighted by molar-refractivity contribution is -0.141. The minimum Gasteiger partial charge on any atom is -0.345 e. The molecule has 2 N–H and O–H groups in total. The van der Waals surface area contributed by atoms with Crippen LogP contribution in [0.25, 0.3) is 6.08 Å². The van der Waals surface area contributed by atoms with Gasteiger partial charge in [-0.05, 0) is 49.2 Å². The molecule has 2 amide bonds. The van der Waals surface area contributed by atoms with E-state index in [9.17, 15) is 35.9 Å². The Morgan fingerprint density at radius 1 is 0.944 bits per heavy atom. The topological polar surface area (TPSA) is 58.2 Å². The van der Waals surface area contributed by atoms with E-state index in [1.807, 2.05) is 0 Å². The van der Waals surface area contributed by atoms with Crippen molar-refractivity contribution in [3.05, 3.63) is 74.2 Å². The minimum atomic E-state index is -4.67. The average molecular weight is 576 g/mol. The van der Waals surface area contributed by atoms with Gasteiger partial charge in [-0.1, -0.05) is 59.1 Å². The lowest BCUT2D eigenvalue weighted by atomic mass is 9.97. The zero-order valence-corrected chi connectivity index (χ0v) is 20.9. The molecule has 0 aliphatic heterocycles. The maximum absolute atomic E-state index is 13.7. The van der Waals surface area contributed by atoms with Crippen molar-refractivity contribution in [2.45, 2.75) is 37.7 Å². The first kappa shape index (κ1) is 29.8. The first-order chi connectivity index (χ1) is 16.4. The van der Waals surface area contributed by atoms with Crippen LogP contribution in [0.15, 0.2) is 42.5 Å². The van der Waals surface area contributed by atoms with Crippen molar-refractivity contribution in [3.8, 4) is 0 Å². The molecule has 0 aliphatic rings. The van der Waals surface area contributed by atoms with E-state index in [1.165, 1.54) is 44.2 Å². The number of halogens is 9. The van der Waals surface area contributed by atoms with Gasteiger partial charge in [-0.25, -0.2) is 0 Å². The molecule has 0 saturated heterocycles. The fourth-order valence-electron chi connectivity index (χ4n) is 2.93. The molecule has 2 rings (SSSR count). The fourth-order valence-corrected chi connectivity index (χ4v) is 3.54. The van der Waals surface area contributed by atoms with Gasteiger partial charge in [-0.2, -0.15) is 26.3 Å². The second-order valence-electron chi connectivity index (χ2n) is 8.18. The summed E-state index contributed by atoms with van der Waals surface area (Å²) in [5.74, 6) is -3.87. The Hall–Kier alpha value is -2.43. The lowest BCUT2D eigenvalue weighted by Gasteiger charge is -2.25. The van der Waals surface area contributed by atoms with Crippen molar-refractivity contribution < 1.29 is 35.9 Å². The Morgan fingerprint density at radius 2 is 1.47 bits per heavy atom. The molecule has 0 bridgehead atoms. The van der Waals surface area contributed by atoms with Crippen LogP contribution >= 0.6 is 34.8 Å². The number of hydrogen-bond donors (Lipinski definition) is 2. The van der Waals surface area contributed by atoms with Gasteiger partial charge < -0.3 is 10.6 Å². The zero-order valence-electron chi connectivity index (χ0n) is 18.6. The summed E-state index contributed by atoms with van der Waals surface area (Å²) >= 11 is 17.5. The molecular weight excluding hydrogens is 557 g/mol. The van der Waals surface area contributed by atoms with Crippen molar-refractivity contribution in [3.63, 3.8) is 0 Å². The monoisotopic (exact) mass is 574 g/mol. The van der Waals surface area contributed by atoms with Crippen molar-refractivity contribution in [1.82, 2.24) is 10.6 Å². The van der Waals surface area contributed by atoms with Gasteiger partial charge in [0.25, 0.3) is 5.91 Å². The van der Waals surface area contributed by atoms with Gasteiger partial charge in [0.05, 0.1) is 21.0 Å². The summed E-state index contributed by atoms with van der Waals surface area (Å²) < 4.78 is 77.9. The Morgan fingerprint density at radius 3 is 1.94 bits per heavy atom. The largest absolute Gasteiger partial charge is 0.405 e. The summed E-state index contributed by atoms with van der Waals surface area (Å²) in [5.41, 5.74) is -1.54. The quantitative estimate of drug-likeness (QED) is 0.271. The van der Waals surface area contributed by atoms with Gasteiger partial charge >= 0.3 is 12.4 Å². The maximum Gasteiger partial charge on any atom is 0.405 e. The van der Waals surface area contributed by atoms with Crippen LogP contribution in [0.1, 0.15) is 41.3 Å². The molecule has 13 heteroatoms. The number of carbonyl (C=O) groups is 2. The third-order valence-electron chi connectivity index (χ3n) is 4.81. The number of amides is 2. The van der Waals surface area contributed by atoms with Gasteiger partial charge in [-0.15, -0.1) is 0 Å². The highest BCUT2D eigenvalue weighted by molar-refractivity contribution is 6.48. The average Bonchev–Trinajstić information content (AvgIpc) is 2.74. The number of hydrogen-bond acceptors (Lipinski definition) is 2. The van der Waals surface area contributed by atoms with Crippen LogP contribution in [0, 0.1) is 0 Å². The fraction of sp³-hybridized carbons (Fsp3) is 0.304. The molecule has 2 aromatic carbocycles. The molecule has 0 heterocycles. The summed E-state index contributed by atoms with van der Waals surface area (Å²) in [6.45, 7) is 0.889. The molecule has 196 valence electrons. The summed E-state index contributed by atoms with van der Waals surface area (Å²) in [7, 11) is 0. The predicted molar refractivity (Wildman–Crippen MR) is 126 cm³/mol. The van der Waals surface area contributed by atoms with Crippen LogP contribution in [-0.4, -0.2) is 36.3 Å². The molecule has 36 heavy (non-hydrogen) atoms. The van der Waals surface area contributed by atoms with Crippen molar-refractivity contribution in [1.29, 1.82) is 0 Å². The Bertz CT molecular complexity index is 1120. The third-order valence-corrected chi connectivity index (χ3v) is 6.01. The molecule has 2 aromatic rings. The standard InChI is InChI=1S/C23H19Cl3F6N2O2/c1-21(2,20(36)33-11-22(27,28)29)34-19(35)13-6-3-12(4-7-13)5-8-15(23(30,31)32)14-9-16(24)18(26)17(25)10-14/h3-10,15H,11H2,1-2H3,(H,33,36)(H,34,35)/b8-5+. The van der Waals surface area contributed by atoms with E-state index in [0.29, 0.717) is 5.56 Å². The number of alkyl halides is 6. The summed E-state index contributed by atoms with van der Waals surface area (Å²) in [5, 5.41) is 3.67. The van der Waals surface area contributed by atoms with Crippen LogP contribution in [-0.2, 0) is 4.79 Å². The Kier molecular flexibility index (Phi) is 9.36. The van der Waals surface area contributed by atoms with E-state index in [-0.39, 0.29) is 26.2 Å². The summed E-state index contributed by atoms with van der Waals surface area (Å²) in [6, 6.07) is 7.43. The smallest absolute Gasteiger partial charge is 0.345 e. The number of carbonyl (C=O) groups excluding carboxylic acids is 2. The molecule has 0 fully saturated rings. The Labute approximate surface area is 217 Å². The molecule has 0 spiro atoms. The van der Waals surface area contributed by atoms with Crippen LogP contribution < -0.4 is 10.6 Å². The normalized spacial score (nSPS) is 13.5. The van der Waals surface area contributed by atoms with Crippen LogP contribution in [0.2, 0.25) is 15.1 Å². The first-order valence-electron chi connectivity index (χ1n) is 10.1. The highest BCUT2D eigenvalue weighted by atomic mass is 35.5. The number of allylic oxidation sites excluding steroid dienone is 1. The third kappa shape index (κ3) is 8.31. The molecule has 0 radical (unpaired) electrons. The van der Waals surface area contributed by atoms with Crippen molar-refractivity contribution in [2.24, 2.45) is 0 Å². The first-order valence-corrected chi connectivity index (χ1v) is 11.2. The predicted octanol–water partition coefficient (Wildman–Crippen LogP) is 7.19. The molecule has 1 unspecified atom stereocenters. The van der Waals surface area contributed by atoms with Crippen LogP contribution in [0.3, 0.4) is 0 Å². The molecule has 0 saturated carbocycles. The highest BCUT2D eigenvalue weighted by Gasteiger charge is 2.39. The number of benzene rings is 2. The molecule has 4 nitrogen and oxygen atoms in total. The van der Waals surface area contributed by atoms with E-state index in [2.05, 4.69) is 5.32 Å². The Balaban J connectivity index is 2.16. The molecule has 1 atom stereocenters. The van der Waals surface area contributed by atoms with E-state index < -0.39 is 42.2 Å².